The van der Waals surface area contributed by atoms with Gasteiger partial charge in [0, 0.05) is 19.6 Å². The molecular weight excluding hydrogens is 385 g/mol. The molecule has 3 rings (SSSR count). The molecule has 0 radical (unpaired) electrons. The van der Waals surface area contributed by atoms with Gasteiger partial charge in [0.25, 0.3) is 5.91 Å². The van der Waals surface area contributed by atoms with Crippen molar-refractivity contribution in [3.63, 3.8) is 0 Å². The average molecular weight is 408 g/mol. The van der Waals surface area contributed by atoms with Gasteiger partial charge in [-0.15, -0.1) is 0 Å². The van der Waals surface area contributed by atoms with Crippen LogP contribution in [0.3, 0.4) is 0 Å². The Labute approximate surface area is 166 Å². The molecule has 1 aliphatic heterocycles. The molecule has 1 unspecified atom stereocenters. The number of rotatable bonds is 4. The molecule has 1 saturated heterocycles. The highest BCUT2D eigenvalue weighted by Gasteiger charge is 2.31. The number of benzene rings is 1. The van der Waals surface area contributed by atoms with E-state index in [-0.39, 0.29) is 24.9 Å². The maximum atomic E-state index is 12.8. The number of aryl methyl sites for hydroxylation is 2. The Morgan fingerprint density at radius 3 is 2.66 bits per heavy atom. The third-order valence-corrected chi connectivity index (χ3v) is 5.07. The van der Waals surface area contributed by atoms with Crippen LogP contribution in [0.2, 0.25) is 0 Å². The summed E-state index contributed by atoms with van der Waals surface area (Å²) in [6, 6.07) is 6.57. The van der Waals surface area contributed by atoms with E-state index in [2.05, 4.69) is 5.32 Å². The van der Waals surface area contributed by atoms with Crippen molar-refractivity contribution in [2.75, 3.05) is 13.1 Å². The Hall–Kier alpha value is -2.77. The summed E-state index contributed by atoms with van der Waals surface area (Å²) >= 11 is 0. The fourth-order valence-corrected chi connectivity index (χ4v) is 3.58. The third-order valence-electron chi connectivity index (χ3n) is 5.07. The van der Waals surface area contributed by atoms with Gasteiger partial charge in [0.2, 0.25) is 5.91 Å². The van der Waals surface area contributed by atoms with Gasteiger partial charge in [-0.25, -0.2) is 0 Å². The van der Waals surface area contributed by atoms with Gasteiger partial charge in [-0.3, -0.25) is 9.59 Å². The molecule has 29 heavy (non-hydrogen) atoms. The van der Waals surface area contributed by atoms with Crippen LogP contribution in [-0.2, 0) is 17.5 Å². The molecule has 5 nitrogen and oxygen atoms in total. The summed E-state index contributed by atoms with van der Waals surface area (Å²) in [6.07, 6.45) is -3.11. The van der Waals surface area contributed by atoms with Gasteiger partial charge in [0.05, 0.1) is 17.0 Å². The van der Waals surface area contributed by atoms with Crippen LogP contribution in [0.4, 0.5) is 13.2 Å². The molecule has 2 aromatic rings. The monoisotopic (exact) mass is 408 g/mol. The van der Waals surface area contributed by atoms with Crippen LogP contribution >= 0.6 is 0 Å². The first kappa shape index (κ1) is 21.0. The van der Waals surface area contributed by atoms with E-state index in [9.17, 15) is 22.8 Å². The summed E-state index contributed by atoms with van der Waals surface area (Å²) in [5.74, 6) is 0.364. The zero-order valence-electron chi connectivity index (χ0n) is 16.3. The van der Waals surface area contributed by atoms with Crippen molar-refractivity contribution in [2.45, 2.75) is 39.4 Å². The zero-order chi connectivity index (χ0) is 21.2. The summed E-state index contributed by atoms with van der Waals surface area (Å²) in [5.41, 5.74) is 0.124. The minimum Gasteiger partial charge on any atom is -0.466 e. The van der Waals surface area contributed by atoms with Crippen molar-refractivity contribution in [1.29, 1.82) is 0 Å². The molecule has 156 valence electrons. The Balaban J connectivity index is 1.60. The zero-order valence-corrected chi connectivity index (χ0v) is 16.3. The molecule has 1 N–H and O–H groups in total. The lowest BCUT2D eigenvalue weighted by Gasteiger charge is -2.32. The van der Waals surface area contributed by atoms with Crippen molar-refractivity contribution in [3.05, 3.63) is 58.5 Å². The van der Waals surface area contributed by atoms with Crippen LogP contribution < -0.4 is 5.32 Å². The fourth-order valence-electron chi connectivity index (χ4n) is 3.58. The number of nitrogens with zero attached hydrogens (tertiary/aromatic N) is 1. The van der Waals surface area contributed by atoms with Gasteiger partial charge in [0.15, 0.2) is 0 Å². The largest absolute Gasteiger partial charge is 0.466 e. The third kappa shape index (κ3) is 4.99. The van der Waals surface area contributed by atoms with Crippen LogP contribution in [0, 0.1) is 19.8 Å². The second-order valence-electron chi connectivity index (χ2n) is 7.33. The minimum absolute atomic E-state index is 0.00718. The predicted octanol–water partition coefficient (Wildman–Crippen LogP) is 4.08. The molecule has 1 aliphatic rings. The van der Waals surface area contributed by atoms with Gasteiger partial charge in [-0.1, -0.05) is 12.1 Å². The molecular formula is C21H23F3N2O3. The lowest BCUT2D eigenvalue weighted by Crippen LogP contribution is -2.45. The maximum absolute atomic E-state index is 12.8. The molecule has 8 heteroatoms. The van der Waals surface area contributed by atoms with Crippen molar-refractivity contribution < 1.29 is 27.2 Å². The SMILES string of the molecule is Cc1cc(C(=O)N2CCCC(C(=O)NCc3cccc(C(F)(F)F)c3)C2)c(C)o1. The van der Waals surface area contributed by atoms with E-state index in [0.717, 1.165) is 12.1 Å². The highest BCUT2D eigenvalue weighted by Crippen LogP contribution is 2.29. The smallest absolute Gasteiger partial charge is 0.416 e. The van der Waals surface area contributed by atoms with E-state index >= 15 is 0 Å². The number of nitrogens with one attached hydrogen (secondary N) is 1. The van der Waals surface area contributed by atoms with Gasteiger partial charge in [-0.05, 0) is 50.5 Å². The number of carbonyl (C=O) groups is 2. The summed E-state index contributed by atoms with van der Waals surface area (Å²) in [6.45, 7) is 4.33. The Kier molecular flexibility index (Phi) is 6.00. The van der Waals surface area contributed by atoms with E-state index in [4.69, 9.17) is 4.42 Å². The average Bonchev–Trinajstić information content (AvgIpc) is 3.03. The number of carbonyl (C=O) groups excluding carboxylic acids is 2. The highest BCUT2D eigenvalue weighted by atomic mass is 19.4. The fraction of sp³-hybridized carbons (Fsp3) is 0.429. The van der Waals surface area contributed by atoms with Gasteiger partial charge in [-0.2, -0.15) is 13.2 Å². The van der Waals surface area contributed by atoms with Crippen LogP contribution in [0.25, 0.3) is 0 Å². The second-order valence-corrected chi connectivity index (χ2v) is 7.33. The molecule has 0 bridgehead atoms. The Morgan fingerprint density at radius 1 is 1.24 bits per heavy atom. The molecule has 1 atom stereocenters. The number of amides is 2. The van der Waals surface area contributed by atoms with Crippen LogP contribution in [0.1, 0.15) is 45.8 Å². The van der Waals surface area contributed by atoms with Crippen LogP contribution in [0.5, 0.6) is 0 Å². The summed E-state index contributed by atoms with van der Waals surface area (Å²) in [7, 11) is 0. The van der Waals surface area contributed by atoms with Crippen LogP contribution in [-0.4, -0.2) is 29.8 Å². The highest BCUT2D eigenvalue weighted by molar-refractivity contribution is 5.95. The molecule has 2 heterocycles. The quantitative estimate of drug-likeness (QED) is 0.829. The van der Waals surface area contributed by atoms with E-state index in [1.165, 1.54) is 12.1 Å². The van der Waals surface area contributed by atoms with Gasteiger partial charge in [0.1, 0.15) is 11.5 Å². The minimum atomic E-state index is -4.42. The second kappa shape index (κ2) is 8.31. The standard InChI is InChI=1S/C21H23F3N2O3/c1-13-9-18(14(2)29-13)20(28)26-8-4-6-16(12-26)19(27)25-11-15-5-3-7-17(10-15)21(22,23)24/h3,5,7,9-10,16H,4,6,8,11-12H2,1-2H3,(H,25,27). The van der Waals surface area contributed by atoms with E-state index in [1.807, 2.05) is 0 Å². The molecule has 0 saturated carbocycles. The number of hydrogen-bond donors (Lipinski definition) is 1. The summed E-state index contributed by atoms with van der Waals surface area (Å²) in [5, 5.41) is 2.70. The Morgan fingerprint density at radius 2 is 2.00 bits per heavy atom. The first-order valence-electron chi connectivity index (χ1n) is 9.45. The Bertz CT molecular complexity index is 905. The lowest BCUT2D eigenvalue weighted by molar-refractivity contribution is -0.137. The first-order chi connectivity index (χ1) is 13.6. The number of alkyl halides is 3. The van der Waals surface area contributed by atoms with E-state index < -0.39 is 17.7 Å². The van der Waals surface area contributed by atoms with Crippen molar-refractivity contribution >= 4 is 11.8 Å². The number of halogens is 3. The predicted molar refractivity (Wildman–Crippen MR) is 100 cm³/mol. The molecule has 1 aromatic carbocycles. The lowest BCUT2D eigenvalue weighted by atomic mass is 9.96. The molecule has 2 amide bonds. The van der Waals surface area contributed by atoms with Gasteiger partial charge >= 0.3 is 6.18 Å². The number of piperidine rings is 1. The summed E-state index contributed by atoms with van der Waals surface area (Å²) < 4.78 is 43.9. The number of likely N-dealkylation sites (tertiary alicyclic amines) is 1. The normalized spacial score (nSPS) is 17.3. The number of hydrogen-bond acceptors (Lipinski definition) is 3. The number of furan rings is 1. The summed E-state index contributed by atoms with van der Waals surface area (Å²) in [4.78, 5) is 26.9. The van der Waals surface area contributed by atoms with Crippen molar-refractivity contribution in [2.24, 2.45) is 5.92 Å². The van der Waals surface area contributed by atoms with Crippen molar-refractivity contribution in [1.82, 2.24) is 10.2 Å². The van der Waals surface area contributed by atoms with E-state index in [1.54, 1.807) is 24.8 Å². The first-order valence-corrected chi connectivity index (χ1v) is 9.45. The molecule has 0 spiro atoms. The van der Waals surface area contributed by atoms with Crippen molar-refractivity contribution in [3.8, 4) is 0 Å². The molecule has 0 aliphatic carbocycles. The molecule has 1 aromatic heterocycles. The molecule has 1 fully saturated rings. The van der Waals surface area contributed by atoms with E-state index in [0.29, 0.717) is 42.0 Å². The van der Waals surface area contributed by atoms with Crippen LogP contribution in [0.15, 0.2) is 34.7 Å². The van der Waals surface area contributed by atoms with Gasteiger partial charge < -0.3 is 14.6 Å². The maximum Gasteiger partial charge on any atom is 0.416 e. The topological polar surface area (TPSA) is 62.6 Å².